The van der Waals surface area contributed by atoms with Crippen LogP contribution in [0, 0.1) is 0 Å². The zero-order valence-electron chi connectivity index (χ0n) is 8.51. The topological polar surface area (TPSA) is 66.8 Å². The van der Waals surface area contributed by atoms with Crippen LogP contribution in [-0.2, 0) is 11.3 Å². The SMILES string of the molecule is CC(O)CO.O=C1OCc2ccccc21. The first kappa shape index (κ1) is 11.7. The highest BCUT2D eigenvalue weighted by Crippen LogP contribution is 2.17. The summed E-state index contributed by atoms with van der Waals surface area (Å²) in [4.78, 5) is 10.8. The lowest BCUT2D eigenvalue weighted by molar-refractivity contribution is 0.0535. The summed E-state index contributed by atoms with van der Waals surface area (Å²) in [5.74, 6) is -0.199. The fourth-order valence-electron chi connectivity index (χ4n) is 1.07. The Morgan fingerprint density at radius 1 is 1.47 bits per heavy atom. The quantitative estimate of drug-likeness (QED) is 0.670. The van der Waals surface area contributed by atoms with Gasteiger partial charge in [0.2, 0.25) is 0 Å². The Morgan fingerprint density at radius 2 is 2.07 bits per heavy atom. The molecular weight excluding hydrogens is 196 g/mol. The summed E-state index contributed by atoms with van der Waals surface area (Å²) < 4.78 is 4.78. The molecule has 2 N–H and O–H groups in total. The molecule has 1 unspecified atom stereocenters. The van der Waals surface area contributed by atoms with Crippen molar-refractivity contribution in [3.63, 3.8) is 0 Å². The van der Waals surface area contributed by atoms with E-state index in [2.05, 4.69) is 0 Å². The van der Waals surface area contributed by atoms with Gasteiger partial charge in [0.05, 0.1) is 18.3 Å². The minimum absolute atomic E-state index is 0.139. The number of aliphatic hydroxyl groups is 2. The van der Waals surface area contributed by atoms with Gasteiger partial charge in [-0.05, 0) is 13.0 Å². The van der Waals surface area contributed by atoms with Crippen molar-refractivity contribution in [1.29, 1.82) is 0 Å². The normalized spacial score (nSPS) is 14.7. The van der Waals surface area contributed by atoms with Crippen LogP contribution in [0.25, 0.3) is 0 Å². The molecule has 1 aromatic rings. The first-order chi connectivity index (χ1) is 7.15. The van der Waals surface area contributed by atoms with Gasteiger partial charge in [-0.2, -0.15) is 0 Å². The van der Waals surface area contributed by atoms with Crippen molar-refractivity contribution in [2.24, 2.45) is 0 Å². The number of benzene rings is 1. The number of aliphatic hydroxyl groups excluding tert-OH is 2. The first-order valence-corrected chi connectivity index (χ1v) is 4.69. The number of esters is 1. The molecule has 1 aliphatic rings. The number of carbonyl (C=O) groups excluding carboxylic acids is 1. The average molecular weight is 210 g/mol. The lowest BCUT2D eigenvalue weighted by Gasteiger charge is -1.90. The van der Waals surface area contributed by atoms with Crippen LogP contribution in [0.2, 0.25) is 0 Å². The maximum atomic E-state index is 10.8. The molecule has 1 heterocycles. The van der Waals surface area contributed by atoms with Crippen molar-refractivity contribution < 1.29 is 19.7 Å². The first-order valence-electron chi connectivity index (χ1n) is 4.69. The predicted octanol–water partition coefficient (Wildman–Crippen LogP) is 0.717. The molecule has 1 aliphatic heterocycles. The van der Waals surface area contributed by atoms with E-state index in [4.69, 9.17) is 14.9 Å². The van der Waals surface area contributed by atoms with Crippen molar-refractivity contribution in [3.05, 3.63) is 35.4 Å². The van der Waals surface area contributed by atoms with Crippen molar-refractivity contribution in [1.82, 2.24) is 0 Å². The molecule has 2 rings (SSSR count). The second-order valence-corrected chi connectivity index (χ2v) is 3.26. The van der Waals surface area contributed by atoms with Crippen LogP contribution in [0.5, 0.6) is 0 Å². The summed E-state index contributed by atoms with van der Waals surface area (Å²) >= 11 is 0. The summed E-state index contributed by atoms with van der Waals surface area (Å²) in [5.41, 5.74) is 1.70. The van der Waals surface area contributed by atoms with E-state index in [1.165, 1.54) is 6.92 Å². The van der Waals surface area contributed by atoms with E-state index in [9.17, 15) is 4.79 Å². The van der Waals surface area contributed by atoms with Gasteiger partial charge < -0.3 is 14.9 Å². The van der Waals surface area contributed by atoms with Gasteiger partial charge in [0.1, 0.15) is 6.61 Å². The Morgan fingerprint density at radius 3 is 2.60 bits per heavy atom. The van der Waals surface area contributed by atoms with E-state index in [-0.39, 0.29) is 12.6 Å². The Labute approximate surface area is 88.1 Å². The highest BCUT2D eigenvalue weighted by Gasteiger charge is 2.18. The van der Waals surface area contributed by atoms with E-state index in [0.717, 1.165) is 5.56 Å². The number of cyclic esters (lactones) is 1. The van der Waals surface area contributed by atoms with Gasteiger partial charge in [0, 0.05) is 5.56 Å². The Hall–Kier alpha value is -1.39. The summed E-state index contributed by atoms with van der Waals surface area (Å²) in [7, 11) is 0. The predicted molar refractivity (Wildman–Crippen MR) is 54.3 cm³/mol. The molecule has 0 amide bonds. The summed E-state index contributed by atoms with van der Waals surface area (Å²) in [6.07, 6.45) is -0.560. The molecule has 82 valence electrons. The lowest BCUT2D eigenvalue weighted by atomic mass is 10.1. The summed E-state index contributed by atoms with van der Waals surface area (Å²) in [6.45, 7) is 1.83. The second-order valence-electron chi connectivity index (χ2n) is 3.26. The molecule has 0 saturated carbocycles. The zero-order valence-corrected chi connectivity index (χ0v) is 8.51. The smallest absolute Gasteiger partial charge is 0.338 e. The monoisotopic (exact) mass is 210 g/mol. The van der Waals surface area contributed by atoms with Gasteiger partial charge in [-0.1, -0.05) is 18.2 Å². The largest absolute Gasteiger partial charge is 0.457 e. The Bertz CT molecular complexity index is 333. The fourth-order valence-corrected chi connectivity index (χ4v) is 1.07. The molecule has 1 atom stereocenters. The zero-order chi connectivity index (χ0) is 11.3. The second kappa shape index (κ2) is 5.48. The number of hydrogen-bond donors (Lipinski definition) is 2. The maximum Gasteiger partial charge on any atom is 0.338 e. The van der Waals surface area contributed by atoms with Gasteiger partial charge in [-0.3, -0.25) is 0 Å². The highest BCUT2D eigenvalue weighted by molar-refractivity contribution is 5.93. The molecule has 4 heteroatoms. The van der Waals surface area contributed by atoms with Gasteiger partial charge >= 0.3 is 5.97 Å². The number of rotatable bonds is 1. The molecule has 0 aromatic heterocycles. The van der Waals surface area contributed by atoms with Crippen LogP contribution >= 0.6 is 0 Å². The van der Waals surface area contributed by atoms with Crippen molar-refractivity contribution in [2.45, 2.75) is 19.6 Å². The van der Waals surface area contributed by atoms with E-state index in [1.807, 2.05) is 18.2 Å². The third kappa shape index (κ3) is 3.34. The molecule has 15 heavy (non-hydrogen) atoms. The summed E-state index contributed by atoms with van der Waals surface area (Å²) in [6, 6.07) is 7.43. The van der Waals surface area contributed by atoms with Crippen molar-refractivity contribution in [2.75, 3.05) is 6.61 Å². The van der Waals surface area contributed by atoms with Crippen LogP contribution in [0.3, 0.4) is 0 Å². The molecule has 0 radical (unpaired) electrons. The number of hydrogen-bond acceptors (Lipinski definition) is 4. The van der Waals surface area contributed by atoms with Crippen LogP contribution in [0.15, 0.2) is 24.3 Å². The standard InChI is InChI=1S/C8H6O2.C3H8O2/c9-8-7-4-2-1-3-6(7)5-10-8;1-3(5)2-4/h1-4H,5H2;3-5H,2H2,1H3. The Balaban J connectivity index is 0.000000195. The van der Waals surface area contributed by atoms with Gasteiger partial charge in [-0.25, -0.2) is 4.79 Å². The van der Waals surface area contributed by atoms with Gasteiger partial charge in [-0.15, -0.1) is 0 Å². The fraction of sp³-hybridized carbons (Fsp3) is 0.364. The third-order valence-electron chi connectivity index (χ3n) is 1.86. The number of carbonyl (C=O) groups is 1. The van der Waals surface area contributed by atoms with E-state index in [0.29, 0.717) is 12.2 Å². The average Bonchev–Trinajstić information content (AvgIpc) is 2.62. The molecule has 0 spiro atoms. The molecular formula is C11H14O4. The molecule has 0 fully saturated rings. The number of ether oxygens (including phenoxy) is 1. The Kier molecular flexibility index (Phi) is 4.27. The minimum Gasteiger partial charge on any atom is -0.457 e. The molecule has 0 aliphatic carbocycles. The van der Waals surface area contributed by atoms with Crippen molar-refractivity contribution >= 4 is 5.97 Å². The van der Waals surface area contributed by atoms with E-state index in [1.54, 1.807) is 6.07 Å². The van der Waals surface area contributed by atoms with Crippen LogP contribution in [0.4, 0.5) is 0 Å². The third-order valence-corrected chi connectivity index (χ3v) is 1.86. The van der Waals surface area contributed by atoms with E-state index < -0.39 is 6.10 Å². The number of fused-ring (bicyclic) bond motifs is 1. The van der Waals surface area contributed by atoms with Crippen LogP contribution in [0.1, 0.15) is 22.8 Å². The van der Waals surface area contributed by atoms with Crippen LogP contribution in [-0.4, -0.2) is 28.9 Å². The molecule has 1 aromatic carbocycles. The molecule has 0 bridgehead atoms. The van der Waals surface area contributed by atoms with Gasteiger partial charge in [0.25, 0.3) is 0 Å². The minimum atomic E-state index is -0.560. The lowest BCUT2D eigenvalue weighted by Crippen LogP contribution is -2.03. The highest BCUT2D eigenvalue weighted by atomic mass is 16.5. The molecule has 0 saturated heterocycles. The summed E-state index contributed by atoms with van der Waals surface area (Å²) in [5, 5.41) is 16.0. The van der Waals surface area contributed by atoms with Crippen molar-refractivity contribution in [3.8, 4) is 0 Å². The van der Waals surface area contributed by atoms with E-state index >= 15 is 0 Å². The maximum absolute atomic E-state index is 10.8. The molecule has 4 nitrogen and oxygen atoms in total. The van der Waals surface area contributed by atoms with Crippen LogP contribution < -0.4 is 0 Å². The van der Waals surface area contributed by atoms with Gasteiger partial charge in [0.15, 0.2) is 0 Å².